The van der Waals surface area contributed by atoms with Crippen LogP contribution in [0.15, 0.2) is 47.4 Å². The van der Waals surface area contributed by atoms with Gasteiger partial charge in [0.1, 0.15) is 10.6 Å². The van der Waals surface area contributed by atoms with E-state index in [9.17, 15) is 13.2 Å². The molecule has 122 valence electrons. The molecule has 0 spiro atoms. The quantitative estimate of drug-likeness (QED) is 0.857. The zero-order chi connectivity index (χ0) is 17.0. The van der Waals surface area contributed by atoms with E-state index in [2.05, 4.69) is 5.32 Å². The predicted octanol–water partition coefficient (Wildman–Crippen LogP) is 1.93. The number of sulfonamides is 1. The number of rotatable bonds is 5. The zero-order valence-corrected chi connectivity index (χ0v) is 13.8. The van der Waals surface area contributed by atoms with E-state index in [0.29, 0.717) is 5.75 Å². The molecule has 0 saturated carbocycles. The van der Waals surface area contributed by atoms with E-state index in [1.54, 1.807) is 6.07 Å². The number of methoxy groups -OCH3 is 1. The van der Waals surface area contributed by atoms with Crippen molar-refractivity contribution in [3.8, 4) is 5.75 Å². The van der Waals surface area contributed by atoms with Crippen molar-refractivity contribution in [1.29, 1.82) is 0 Å². The van der Waals surface area contributed by atoms with Crippen LogP contribution in [-0.2, 0) is 16.6 Å². The van der Waals surface area contributed by atoms with Gasteiger partial charge in [-0.1, -0.05) is 29.8 Å². The molecule has 2 aromatic rings. The predicted molar refractivity (Wildman–Crippen MR) is 87.0 cm³/mol. The Kier molecular flexibility index (Phi) is 5.25. The number of halogens is 1. The summed E-state index contributed by atoms with van der Waals surface area (Å²) in [5.41, 5.74) is 0.942. The maximum atomic E-state index is 12.2. The van der Waals surface area contributed by atoms with E-state index in [4.69, 9.17) is 21.5 Å². The van der Waals surface area contributed by atoms with Crippen LogP contribution in [-0.4, -0.2) is 21.4 Å². The highest BCUT2D eigenvalue weighted by molar-refractivity contribution is 7.89. The fourth-order valence-corrected chi connectivity index (χ4v) is 3.06. The Morgan fingerprint density at radius 3 is 2.61 bits per heavy atom. The van der Waals surface area contributed by atoms with Crippen molar-refractivity contribution in [3.63, 3.8) is 0 Å². The van der Waals surface area contributed by atoms with Crippen molar-refractivity contribution < 1.29 is 17.9 Å². The smallest absolute Gasteiger partial charge is 0.251 e. The molecule has 0 bridgehead atoms. The number of nitrogens with two attached hydrogens (primary N) is 1. The number of primary sulfonamides is 1. The second-order valence-electron chi connectivity index (χ2n) is 4.68. The van der Waals surface area contributed by atoms with Gasteiger partial charge in [-0.3, -0.25) is 4.79 Å². The van der Waals surface area contributed by atoms with Gasteiger partial charge in [0.25, 0.3) is 5.91 Å². The lowest BCUT2D eigenvalue weighted by molar-refractivity contribution is 0.0950. The van der Waals surface area contributed by atoms with Gasteiger partial charge in [-0.15, -0.1) is 0 Å². The summed E-state index contributed by atoms with van der Waals surface area (Å²) in [6.45, 7) is 0.232. The topological polar surface area (TPSA) is 98.5 Å². The van der Waals surface area contributed by atoms with E-state index in [1.165, 1.54) is 19.2 Å². The third kappa shape index (κ3) is 4.22. The first-order valence-electron chi connectivity index (χ1n) is 6.55. The van der Waals surface area contributed by atoms with Crippen LogP contribution in [0.3, 0.4) is 0 Å². The number of para-hydroxylation sites is 1. The molecule has 0 aromatic heterocycles. The number of ether oxygens (including phenoxy) is 1. The van der Waals surface area contributed by atoms with Crippen molar-refractivity contribution in [2.24, 2.45) is 5.14 Å². The average molecular weight is 355 g/mol. The van der Waals surface area contributed by atoms with Gasteiger partial charge in [-0.25, -0.2) is 13.6 Å². The van der Waals surface area contributed by atoms with Gasteiger partial charge in [0.05, 0.1) is 12.1 Å². The Morgan fingerprint density at radius 2 is 1.96 bits per heavy atom. The van der Waals surface area contributed by atoms with Crippen LogP contribution in [0.5, 0.6) is 5.75 Å². The van der Waals surface area contributed by atoms with Crippen LogP contribution < -0.4 is 15.2 Å². The summed E-state index contributed by atoms with van der Waals surface area (Å²) in [6, 6.07) is 11.1. The van der Waals surface area contributed by atoms with Crippen molar-refractivity contribution >= 4 is 27.5 Å². The Balaban J connectivity index is 2.19. The zero-order valence-electron chi connectivity index (χ0n) is 12.2. The first-order chi connectivity index (χ1) is 10.8. The van der Waals surface area contributed by atoms with E-state index < -0.39 is 15.9 Å². The van der Waals surface area contributed by atoms with Crippen LogP contribution in [0.4, 0.5) is 0 Å². The molecule has 0 aliphatic carbocycles. The number of carbonyl (C=O) groups excluding carboxylic acids is 1. The van der Waals surface area contributed by atoms with Gasteiger partial charge in [0.15, 0.2) is 0 Å². The summed E-state index contributed by atoms with van der Waals surface area (Å²) in [4.78, 5) is 11.9. The van der Waals surface area contributed by atoms with Crippen LogP contribution in [0.25, 0.3) is 0 Å². The van der Waals surface area contributed by atoms with E-state index in [1.807, 2.05) is 18.2 Å². The Morgan fingerprint density at radius 1 is 1.26 bits per heavy atom. The van der Waals surface area contributed by atoms with Crippen molar-refractivity contribution in [2.75, 3.05) is 7.11 Å². The third-order valence-electron chi connectivity index (χ3n) is 3.13. The first-order valence-corrected chi connectivity index (χ1v) is 8.48. The molecule has 0 aliphatic heterocycles. The number of benzene rings is 2. The Hall–Kier alpha value is -2.09. The molecule has 23 heavy (non-hydrogen) atoms. The highest BCUT2D eigenvalue weighted by Crippen LogP contribution is 2.22. The maximum Gasteiger partial charge on any atom is 0.251 e. The van der Waals surface area contributed by atoms with Crippen molar-refractivity contribution in [3.05, 3.63) is 58.6 Å². The lowest BCUT2D eigenvalue weighted by atomic mass is 10.1. The molecule has 0 aliphatic rings. The number of nitrogens with one attached hydrogen (secondary N) is 1. The number of amides is 1. The molecule has 8 heteroatoms. The molecular formula is C15H15ClN2O4S. The molecule has 0 atom stereocenters. The summed E-state index contributed by atoms with van der Waals surface area (Å²) in [5.74, 6) is 0.201. The molecule has 0 radical (unpaired) electrons. The van der Waals surface area contributed by atoms with Gasteiger partial charge in [-0.05, 0) is 24.3 Å². The van der Waals surface area contributed by atoms with Gasteiger partial charge in [-0.2, -0.15) is 0 Å². The minimum Gasteiger partial charge on any atom is -0.496 e. The standard InChI is InChI=1S/C15H15ClN2O4S/c1-22-13-5-3-2-4-11(13)9-18-15(19)10-6-7-12(16)14(8-10)23(17,20)21/h2-8H,9H2,1H3,(H,18,19)(H2,17,20,21). The first kappa shape index (κ1) is 17.3. The van der Waals surface area contributed by atoms with Crippen LogP contribution in [0.2, 0.25) is 5.02 Å². The number of hydrogen-bond acceptors (Lipinski definition) is 4. The second-order valence-corrected chi connectivity index (χ2v) is 6.62. The summed E-state index contributed by atoms with van der Waals surface area (Å²) in [7, 11) is -2.46. The molecule has 0 saturated heterocycles. The Labute approximate surface area is 139 Å². The lowest BCUT2D eigenvalue weighted by Crippen LogP contribution is -2.23. The molecule has 3 N–H and O–H groups in total. The van der Waals surface area contributed by atoms with Gasteiger partial charge >= 0.3 is 0 Å². The minimum absolute atomic E-state index is 0.0335. The Bertz CT molecular complexity index is 837. The minimum atomic E-state index is -4.00. The summed E-state index contributed by atoms with van der Waals surface area (Å²) < 4.78 is 28.1. The summed E-state index contributed by atoms with van der Waals surface area (Å²) in [6.07, 6.45) is 0. The fourth-order valence-electron chi connectivity index (χ4n) is 1.99. The van der Waals surface area contributed by atoms with Crippen LogP contribution in [0, 0.1) is 0 Å². The molecule has 0 heterocycles. The summed E-state index contributed by atoms with van der Waals surface area (Å²) in [5, 5.41) is 7.73. The second kappa shape index (κ2) is 6.99. The SMILES string of the molecule is COc1ccccc1CNC(=O)c1ccc(Cl)c(S(N)(=O)=O)c1. The van der Waals surface area contributed by atoms with E-state index in [-0.39, 0.29) is 22.0 Å². The van der Waals surface area contributed by atoms with Crippen molar-refractivity contribution in [2.45, 2.75) is 11.4 Å². The average Bonchev–Trinajstić information content (AvgIpc) is 2.52. The molecule has 6 nitrogen and oxygen atoms in total. The van der Waals surface area contributed by atoms with E-state index >= 15 is 0 Å². The molecule has 0 unspecified atom stereocenters. The number of hydrogen-bond donors (Lipinski definition) is 2. The highest BCUT2D eigenvalue weighted by Gasteiger charge is 2.16. The van der Waals surface area contributed by atoms with Gasteiger partial charge < -0.3 is 10.1 Å². The van der Waals surface area contributed by atoms with Crippen LogP contribution in [0.1, 0.15) is 15.9 Å². The highest BCUT2D eigenvalue weighted by atomic mass is 35.5. The third-order valence-corrected chi connectivity index (χ3v) is 4.52. The van der Waals surface area contributed by atoms with Gasteiger partial charge in [0, 0.05) is 17.7 Å². The largest absolute Gasteiger partial charge is 0.496 e. The monoisotopic (exact) mass is 354 g/mol. The normalized spacial score (nSPS) is 11.1. The van der Waals surface area contributed by atoms with Crippen molar-refractivity contribution in [1.82, 2.24) is 5.32 Å². The van der Waals surface area contributed by atoms with Crippen LogP contribution >= 0.6 is 11.6 Å². The number of carbonyl (C=O) groups is 1. The fraction of sp³-hybridized carbons (Fsp3) is 0.133. The molecule has 0 fully saturated rings. The lowest BCUT2D eigenvalue weighted by Gasteiger charge is -2.10. The molecular weight excluding hydrogens is 340 g/mol. The maximum absolute atomic E-state index is 12.2. The molecule has 2 rings (SSSR count). The summed E-state index contributed by atoms with van der Waals surface area (Å²) >= 11 is 5.79. The van der Waals surface area contributed by atoms with E-state index in [0.717, 1.165) is 11.6 Å². The van der Waals surface area contributed by atoms with Gasteiger partial charge in [0.2, 0.25) is 10.0 Å². The molecule has 2 aromatic carbocycles. The molecule has 1 amide bonds.